The molecule has 0 aliphatic carbocycles. The average molecular weight is 327 g/mol. The molecule has 0 bridgehead atoms. The van der Waals surface area contributed by atoms with Crippen molar-refractivity contribution in [1.29, 1.82) is 0 Å². The molecule has 1 amide bonds. The number of benzene rings is 1. The van der Waals surface area contributed by atoms with Crippen LogP contribution in [0.1, 0.15) is 37.0 Å². The molecule has 1 aromatic rings. The number of ether oxygens (including phenoxy) is 2. The normalized spacial score (nSPS) is 21.8. The highest BCUT2D eigenvalue weighted by Gasteiger charge is 2.32. The number of amides is 1. The molecule has 1 unspecified atom stereocenters. The number of piperidine rings is 1. The maximum absolute atomic E-state index is 12.3. The quantitative estimate of drug-likeness (QED) is 0.895. The largest absolute Gasteiger partial charge is 0.454 e. The summed E-state index contributed by atoms with van der Waals surface area (Å²) in [5, 5.41) is 6.52. The van der Waals surface area contributed by atoms with Crippen molar-refractivity contribution >= 4 is 18.3 Å². The summed E-state index contributed by atoms with van der Waals surface area (Å²) in [4.78, 5) is 12.3. The first-order chi connectivity index (χ1) is 10.1. The Kier molecular flexibility index (Phi) is 5.19. The third-order valence-electron chi connectivity index (χ3n) is 4.43. The zero-order chi connectivity index (χ0) is 14.9. The van der Waals surface area contributed by atoms with E-state index in [1.165, 1.54) is 12.8 Å². The van der Waals surface area contributed by atoms with E-state index in [0.29, 0.717) is 29.6 Å². The average Bonchev–Trinajstić information content (AvgIpc) is 2.92. The van der Waals surface area contributed by atoms with E-state index < -0.39 is 0 Å². The summed E-state index contributed by atoms with van der Waals surface area (Å²) in [7, 11) is 0. The highest BCUT2D eigenvalue weighted by atomic mass is 35.5. The number of fused-ring (bicyclic) bond motifs is 1. The maximum atomic E-state index is 12.3. The van der Waals surface area contributed by atoms with E-state index in [1.807, 2.05) is 0 Å². The van der Waals surface area contributed by atoms with E-state index in [0.717, 1.165) is 6.54 Å². The fourth-order valence-corrected chi connectivity index (χ4v) is 2.95. The maximum Gasteiger partial charge on any atom is 0.251 e. The minimum Gasteiger partial charge on any atom is -0.454 e. The van der Waals surface area contributed by atoms with Gasteiger partial charge >= 0.3 is 0 Å². The summed E-state index contributed by atoms with van der Waals surface area (Å²) in [6, 6.07) is 5.59. The minimum atomic E-state index is -0.0727. The fraction of sp³-hybridized carbons (Fsp3) is 0.562. The topological polar surface area (TPSA) is 59.6 Å². The van der Waals surface area contributed by atoms with Crippen molar-refractivity contribution in [2.45, 2.75) is 32.7 Å². The van der Waals surface area contributed by atoms with Crippen molar-refractivity contribution in [2.24, 2.45) is 5.41 Å². The Hall–Kier alpha value is -1.46. The molecule has 1 fully saturated rings. The third kappa shape index (κ3) is 3.47. The number of nitrogens with one attached hydrogen (secondary N) is 2. The molecule has 0 radical (unpaired) electrons. The van der Waals surface area contributed by atoms with Crippen LogP contribution in [0.3, 0.4) is 0 Å². The summed E-state index contributed by atoms with van der Waals surface area (Å²) >= 11 is 0. The van der Waals surface area contributed by atoms with Crippen LogP contribution < -0.4 is 20.1 Å². The van der Waals surface area contributed by atoms with Crippen LogP contribution in [0.15, 0.2) is 18.2 Å². The van der Waals surface area contributed by atoms with Gasteiger partial charge in [-0.15, -0.1) is 12.4 Å². The van der Waals surface area contributed by atoms with Gasteiger partial charge in [-0.2, -0.15) is 0 Å². The summed E-state index contributed by atoms with van der Waals surface area (Å²) in [6.45, 7) is 6.38. The smallest absolute Gasteiger partial charge is 0.251 e. The van der Waals surface area contributed by atoms with Crippen LogP contribution in [0.2, 0.25) is 0 Å². The van der Waals surface area contributed by atoms with Gasteiger partial charge in [-0.1, -0.05) is 13.8 Å². The Bertz CT molecular complexity index is 548. The monoisotopic (exact) mass is 326 g/mol. The van der Waals surface area contributed by atoms with Crippen LogP contribution >= 0.6 is 12.4 Å². The molecular weight excluding hydrogens is 304 g/mol. The van der Waals surface area contributed by atoms with Crippen LogP contribution in [-0.4, -0.2) is 31.8 Å². The van der Waals surface area contributed by atoms with Gasteiger partial charge in [0.15, 0.2) is 11.5 Å². The summed E-state index contributed by atoms with van der Waals surface area (Å²) in [6.07, 6.45) is 2.38. The van der Waals surface area contributed by atoms with E-state index in [4.69, 9.17) is 9.47 Å². The van der Waals surface area contributed by atoms with Gasteiger partial charge in [0.1, 0.15) is 0 Å². The summed E-state index contributed by atoms with van der Waals surface area (Å²) < 4.78 is 10.6. The standard InChI is InChI=1S/C16H22N2O3.ClH/c1-16(2)6-3-7-17-14(16)9-18-15(19)11-4-5-12-13(8-11)21-10-20-12;/h4-5,8,14,17H,3,6-7,9-10H2,1-2H3,(H,18,19);1H. The number of rotatable bonds is 3. The first kappa shape index (κ1) is 16.9. The fourth-order valence-electron chi connectivity index (χ4n) is 2.95. The van der Waals surface area contributed by atoms with Crippen LogP contribution in [0.4, 0.5) is 0 Å². The Morgan fingerprint density at radius 1 is 1.36 bits per heavy atom. The lowest BCUT2D eigenvalue weighted by molar-refractivity contribution is 0.0928. The van der Waals surface area contributed by atoms with Crippen molar-refractivity contribution in [2.75, 3.05) is 19.9 Å². The number of halogens is 1. The molecule has 0 saturated carbocycles. The Balaban J connectivity index is 0.00000176. The predicted octanol–water partition coefficient (Wildman–Crippen LogP) is 2.35. The van der Waals surface area contributed by atoms with Gasteiger partial charge in [0.25, 0.3) is 5.91 Å². The predicted molar refractivity (Wildman–Crippen MR) is 87.0 cm³/mol. The lowest BCUT2D eigenvalue weighted by atomic mass is 9.77. The molecule has 2 aliphatic rings. The molecule has 5 nitrogen and oxygen atoms in total. The SMILES string of the molecule is CC1(C)CCCNC1CNC(=O)c1ccc2c(c1)OCO2.Cl. The molecule has 2 heterocycles. The molecule has 1 aromatic carbocycles. The molecule has 6 heteroatoms. The second-order valence-electron chi connectivity index (χ2n) is 6.38. The van der Waals surface area contributed by atoms with Crippen molar-refractivity contribution in [3.8, 4) is 11.5 Å². The Labute approximate surface area is 137 Å². The van der Waals surface area contributed by atoms with Crippen LogP contribution in [0, 0.1) is 5.41 Å². The second kappa shape index (κ2) is 6.75. The highest BCUT2D eigenvalue weighted by Crippen LogP contribution is 2.32. The van der Waals surface area contributed by atoms with E-state index in [2.05, 4.69) is 24.5 Å². The van der Waals surface area contributed by atoms with Crippen molar-refractivity contribution in [3.63, 3.8) is 0 Å². The van der Waals surface area contributed by atoms with Gasteiger partial charge in [0.2, 0.25) is 6.79 Å². The zero-order valence-corrected chi connectivity index (χ0v) is 13.8. The summed E-state index contributed by atoms with van der Waals surface area (Å²) in [5.74, 6) is 1.26. The van der Waals surface area contributed by atoms with E-state index in [9.17, 15) is 4.79 Å². The van der Waals surface area contributed by atoms with E-state index >= 15 is 0 Å². The molecule has 2 N–H and O–H groups in total. The van der Waals surface area contributed by atoms with E-state index in [1.54, 1.807) is 18.2 Å². The van der Waals surface area contributed by atoms with Crippen molar-refractivity contribution in [3.05, 3.63) is 23.8 Å². The Morgan fingerprint density at radius 2 is 2.14 bits per heavy atom. The molecule has 2 aliphatic heterocycles. The van der Waals surface area contributed by atoms with Gasteiger partial charge in [0, 0.05) is 18.2 Å². The zero-order valence-electron chi connectivity index (χ0n) is 13.0. The van der Waals surface area contributed by atoms with Gasteiger partial charge < -0.3 is 20.1 Å². The molecule has 1 saturated heterocycles. The molecule has 3 rings (SSSR count). The van der Waals surface area contributed by atoms with Gasteiger partial charge in [0.05, 0.1) is 0 Å². The molecule has 0 aromatic heterocycles. The molecule has 1 atom stereocenters. The second-order valence-corrected chi connectivity index (χ2v) is 6.38. The first-order valence-electron chi connectivity index (χ1n) is 7.47. The number of hydrogen-bond acceptors (Lipinski definition) is 4. The van der Waals surface area contributed by atoms with Gasteiger partial charge in [-0.25, -0.2) is 0 Å². The van der Waals surface area contributed by atoms with Gasteiger partial charge in [-0.3, -0.25) is 4.79 Å². The van der Waals surface area contributed by atoms with Crippen LogP contribution in [-0.2, 0) is 0 Å². The molecule has 122 valence electrons. The number of carbonyl (C=O) groups is 1. The van der Waals surface area contributed by atoms with Crippen LogP contribution in [0.25, 0.3) is 0 Å². The molecule has 0 spiro atoms. The first-order valence-corrected chi connectivity index (χ1v) is 7.47. The molecule has 22 heavy (non-hydrogen) atoms. The van der Waals surface area contributed by atoms with Crippen molar-refractivity contribution in [1.82, 2.24) is 10.6 Å². The lowest BCUT2D eigenvalue weighted by Gasteiger charge is -2.39. The minimum absolute atomic E-state index is 0. The third-order valence-corrected chi connectivity index (χ3v) is 4.43. The highest BCUT2D eigenvalue weighted by molar-refractivity contribution is 5.94. The van der Waals surface area contributed by atoms with Crippen molar-refractivity contribution < 1.29 is 14.3 Å². The number of hydrogen-bond donors (Lipinski definition) is 2. The summed E-state index contributed by atoms with van der Waals surface area (Å²) in [5.41, 5.74) is 0.813. The lowest BCUT2D eigenvalue weighted by Crippen LogP contribution is -2.52. The van der Waals surface area contributed by atoms with Crippen LogP contribution in [0.5, 0.6) is 11.5 Å². The number of carbonyl (C=O) groups excluding carboxylic acids is 1. The molecular formula is C16H23ClN2O3. The van der Waals surface area contributed by atoms with E-state index in [-0.39, 0.29) is 30.5 Å². The van der Waals surface area contributed by atoms with Gasteiger partial charge in [-0.05, 0) is 43.0 Å². The Morgan fingerprint density at radius 3 is 2.91 bits per heavy atom.